The number of rotatable bonds is 0. The van der Waals surface area contributed by atoms with Gasteiger partial charge in [0.15, 0.2) is 12.0 Å². The maximum Gasteiger partial charge on any atom is 0.161 e. The Labute approximate surface area is 67.6 Å². The van der Waals surface area contributed by atoms with Crippen molar-refractivity contribution >= 4 is 0 Å². The van der Waals surface area contributed by atoms with E-state index < -0.39 is 35.1 Å². The van der Waals surface area contributed by atoms with Crippen LogP contribution in [0.4, 0.5) is 17.6 Å². The van der Waals surface area contributed by atoms with E-state index in [2.05, 4.69) is 0 Å². The zero-order chi connectivity index (χ0) is 9.46. The second-order valence-corrected chi connectivity index (χ2v) is 2.83. The topological polar surface area (TPSA) is 0 Å². The fourth-order valence-electron chi connectivity index (χ4n) is 1.04. The lowest BCUT2D eigenvalue weighted by atomic mass is 9.94. The van der Waals surface area contributed by atoms with E-state index in [9.17, 15) is 17.6 Å². The molecule has 2 atom stereocenters. The first-order chi connectivity index (χ1) is 5.46. The van der Waals surface area contributed by atoms with Gasteiger partial charge in [-0.15, -0.1) is 0 Å². The lowest BCUT2D eigenvalue weighted by Crippen LogP contribution is -2.20. The molecule has 0 aromatic carbocycles. The van der Waals surface area contributed by atoms with Crippen molar-refractivity contribution in [2.45, 2.75) is 20.0 Å². The van der Waals surface area contributed by atoms with Crippen LogP contribution >= 0.6 is 0 Å². The second-order valence-electron chi connectivity index (χ2n) is 2.83. The summed E-state index contributed by atoms with van der Waals surface area (Å²) in [4.78, 5) is 0. The third kappa shape index (κ3) is 1.15. The Bertz CT molecular complexity index is 236. The smallest absolute Gasteiger partial charge is 0.161 e. The van der Waals surface area contributed by atoms with Crippen molar-refractivity contribution in [1.29, 1.82) is 0 Å². The summed E-state index contributed by atoms with van der Waals surface area (Å²) in [5, 5.41) is 0. The lowest BCUT2D eigenvalue weighted by molar-refractivity contribution is 0.227. The van der Waals surface area contributed by atoms with Crippen molar-refractivity contribution in [3.8, 4) is 0 Å². The van der Waals surface area contributed by atoms with Crippen LogP contribution in [0.3, 0.4) is 0 Å². The molecule has 0 fully saturated rings. The van der Waals surface area contributed by atoms with Gasteiger partial charge < -0.3 is 0 Å². The molecule has 0 radical (unpaired) electrons. The van der Waals surface area contributed by atoms with E-state index in [4.69, 9.17) is 0 Å². The molecule has 0 bridgehead atoms. The van der Waals surface area contributed by atoms with E-state index in [1.165, 1.54) is 0 Å². The molecule has 0 N–H and O–H groups in total. The number of hydrogen-bond acceptors (Lipinski definition) is 0. The molecule has 0 aromatic rings. The summed E-state index contributed by atoms with van der Waals surface area (Å²) in [5.41, 5.74) is -0.571. The Kier molecular flexibility index (Phi) is 2.26. The summed E-state index contributed by atoms with van der Waals surface area (Å²) in [6.45, 7) is 2.12. The molecule has 1 rings (SSSR count). The molecule has 0 aromatic heterocycles. The highest BCUT2D eigenvalue weighted by Gasteiger charge is 2.34. The molecule has 0 nitrogen and oxygen atoms in total. The van der Waals surface area contributed by atoms with Crippen molar-refractivity contribution in [3.05, 3.63) is 23.1 Å². The fourth-order valence-corrected chi connectivity index (χ4v) is 1.04. The Hall–Kier alpha value is -0.800. The average Bonchev–Trinajstić information content (AvgIpc) is 2.08. The van der Waals surface area contributed by atoms with E-state index in [0.29, 0.717) is 0 Å². The van der Waals surface area contributed by atoms with Gasteiger partial charge in [0.05, 0.1) is 0 Å². The Morgan fingerprint density at radius 3 is 2.08 bits per heavy atom. The normalized spacial score (nSPS) is 31.5. The maximum absolute atomic E-state index is 12.8. The van der Waals surface area contributed by atoms with Gasteiger partial charge in [0.25, 0.3) is 0 Å². The first-order valence-corrected chi connectivity index (χ1v) is 3.52. The third-order valence-electron chi connectivity index (χ3n) is 1.98. The molecular formula is C8H8F4. The van der Waals surface area contributed by atoms with Crippen molar-refractivity contribution in [3.63, 3.8) is 0 Å². The summed E-state index contributed by atoms with van der Waals surface area (Å²) in [7, 11) is 0. The average molecular weight is 180 g/mol. The zero-order valence-electron chi connectivity index (χ0n) is 6.67. The van der Waals surface area contributed by atoms with Crippen molar-refractivity contribution in [2.75, 3.05) is 0 Å². The predicted molar refractivity (Wildman–Crippen MR) is 37.1 cm³/mol. The Balaban J connectivity index is 3.18. The van der Waals surface area contributed by atoms with Gasteiger partial charge >= 0.3 is 0 Å². The summed E-state index contributed by atoms with van der Waals surface area (Å²) in [6, 6.07) is 0. The molecule has 0 aliphatic heterocycles. The minimum absolute atomic E-state index is 0.571. The van der Waals surface area contributed by atoms with Crippen LogP contribution < -0.4 is 0 Å². The van der Waals surface area contributed by atoms with Gasteiger partial charge in [0.1, 0.15) is 11.7 Å². The number of halogens is 4. The molecule has 0 amide bonds. The van der Waals surface area contributed by atoms with Gasteiger partial charge in [-0.05, 0) is 6.92 Å². The largest absolute Gasteiger partial charge is 0.239 e. The monoisotopic (exact) mass is 180 g/mol. The SMILES string of the molecule is CC1=C(F)C(F)C(C)C(F)=C1F. The highest BCUT2D eigenvalue weighted by Crippen LogP contribution is 2.37. The van der Waals surface area contributed by atoms with E-state index in [1.807, 2.05) is 0 Å². The molecular weight excluding hydrogens is 172 g/mol. The molecule has 2 unspecified atom stereocenters. The van der Waals surface area contributed by atoms with Gasteiger partial charge in [-0.3, -0.25) is 0 Å². The minimum atomic E-state index is -2.05. The van der Waals surface area contributed by atoms with Crippen LogP contribution in [0.15, 0.2) is 23.1 Å². The van der Waals surface area contributed by atoms with Gasteiger partial charge in [0, 0.05) is 11.5 Å². The summed E-state index contributed by atoms with van der Waals surface area (Å²) >= 11 is 0. The molecule has 1 aliphatic carbocycles. The van der Waals surface area contributed by atoms with E-state index in [1.54, 1.807) is 0 Å². The highest BCUT2D eigenvalue weighted by atomic mass is 19.2. The van der Waals surface area contributed by atoms with E-state index in [-0.39, 0.29) is 0 Å². The van der Waals surface area contributed by atoms with Gasteiger partial charge in [-0.1, -0.05) is 6.92 Å². The molecule has 0 spiro atoms. The van der Waals surface area contributed by atoms with Crippen LogP contribution in [0.2, 0.25) is 0 Å². The number of alkyl halides is 1. The van der Waals surface area contributed by atoms with Gasteiger partial charge in [-0.2, -0.15) is 0 Å². The van der Waals surface area contributed by atoms with Crippen molar-refractivity contribution in [2.24, 2.45) is 5.92 Å². The van der Waals surface area contributed by atoms with E-state index >= 15 is 0 Å². The number of allylic oxidation sites excluding steroid dienone is 4. The number of hydrogen-bond donors (Lipinski definition) is 0. The summed E-state index contributed by atoms with van der Waals surface area (Å²) in [6.07, 6.45) is -2.05. The third-order valence-corrected chi connectivity index (χ3v) is 1.98. The Morgan fingerprint density at radius 1 is 1.08 bits per heavy atom. The highest BCUT2D eigenvalue weighted by molar-refractivity contribution is 5.36. The molecule has 4 heteroatoms. The zero-order valence-corrected chi connectivity index (χ0v) is 6.67. The van der Waals surface area contributed by atoms with Crippen molar-refractivity contribution in [1.82, 2.24) is 0 Å². The molecule has 1 aliphatic rings. The van der Waals surface area contributed by atoms with Crippen LogP contribution in [0.25, 0.3) is 0 Å². The second kappa shape index (κ2) is 2.92. The maximum atomic E-state index is 12.8. The van der Waals surface area contributed by atoms with Gasteiger partial charge in [0.2, 0.25) is 0 Å². The van der Waals surface area contributed by atoms with Crippen LogP contribution in [0.1, 0.15) is 13.8 Å². The van der Waals surface area contributed by atoms with Crippen LogP contribution in [0, 0.1) is 5.92 Å². The first-order valence-electron chi connectivity index (χ1n) is 3.52. The first kappa shape index (κ1) is 9.29. The molecule has 12 heavy (non-hydrogen) atoms. The Morgan fingerprint density at radius 2 is 1.58 bits per heavy atom. The fraction of sp³-hybridized carbons (Fsp3) is 0.500. The van der Waals surface area contributed by atoms with Crippen molar-refractivity contribution < 1.29 is 17.6 Å². The predicted octanol–water partition coefficient (Wildman–Crippen LogP) is 3.37. The molecule has 0 saturated heterocycles. The minimum Gasteiger partial charge on any atom is -0.239 e. The van der Waals surface area contributed by atoms with Crippen LogP contribution in [0.5, 0.6) is 0 Å². The summed E-state index contributed by atoms with van der Waals surface area (Å²) < 4.78 is 50.9. The van der Waals surface area contributed by atoms with E-state index in [0.717, 1.165) is 13.8 Å². The standard InChI is InChI=1S/C8H8F4/c1-3-5(9)7(11)4(2)8(12)6(3)10/h3,5H,1-2H3. The molecule has 68 valence electrons. The molecule has 0 saturated carbocycles. The van der Waals surface area contributed by atoms with Gasteiger partial charge in [-0.25, -0.2) is 17.6 Å². The summed E-state index contributed by atoms with van der Waals surface area (Å²) in [5.74, 6) is -5.04. The molecule has 0 heterocycles. The lowest BCUT2D eigenvalue weighted by Gasteiger charge is -2.20. The van der Waals surface area contributed by atoms with Crippen LogP contribution in [-0.4, -0.2) is 6.17 Å². The quantitative estimate of drug-likeness (QED) is 0.501. The van der Waals surface area contributed by atoms with Crippen LogP contribution in [-0.2, 0) is 0 Å².